The molecule has 1 N–H and O–H groups in total. The number of hydrogen-bond donors (Lipinski definition) is 1. The van der Waals surface area contributed by atoms with E-state index in [2.05, 4.69) is 21.8 Å². The highest BCUT2D eigenvalue weighted by Crippen LogP contribution is 2.34. The van der Waals surface area contributed by atoms with Gasteiger partial charge in [0, 0.05) is 17.3 Å². The quantitative estimate of drug-likeness (QED) is 0.429. The van der Waals surface area contributed by atoms with Crippen LogP contribution in [0.1, 0.15) is 47.3 Å². The summed E-state index contributed by atoms with van der Waals surface area (Å²) in [6, 6.07) is 0. The first-order chi connectivity index (χ1) is 14.9. The summed E-state index contributed by atoms with van der Waals surface area (Å²) in [4.78, 5) is 22.5. The van der Waals surface area contributed by atoms with Crippen LogP contribution in [0.25, 0.3) is 10.2 Å². The number of thioether (sulfide) groups is 1. The number of aryl methyl sites for hydroxylation is 2. The maximum atomic E-state index is 12.8. The predicted octanol–water partition coefficient (Wildman–Crippen LogP) is 2.84. The molecule has 0 amide bonds. The van der Waals surface area contributed by atoms with Gasteiger partial charge in [0.15, 0.2) is 15.0 Å². The number of allylic oxidation sites excluding steroid dienone is 1. The molecule has 8 nitrogen and oxygen atoms in total. The van der Waals surface area contributed by atoms with Gasteiger partial charge < -0.3 is 9.55 Å². The number of sulfone groups is 1. The second kappa shape index (κ2) is 8.18. The fraction of sp³-hybridized carbons (Fsp3) is 0.500. The highest BCUT2D eigenvalue weighted by atomic mass is 32.2. The molecule has 0 saturated carbocycles. The normalized spacial score (nSPS) is 20.2. The molecule has 2 aliphatic rings. The van der Waals surface area contributed by atoms with Crippen LogP contribution >= 0.6 is 23.1 Å². The molecule has 1 fully saturated rings. The van der Waals surface area contributed by atoms with Crippen LogP contribution in [-0.4, -0.2) is 44.7 Å². The third-order valence-electron chi connectivity index (χ3n) is 5.87. The molecule has 11 heteroatoms. The van der Waals surface area contributed by atoms with E-state index in [1.54, 1.807) is 17.4 Å². The summed E-state index contributed by atoms with van der Waals surface area (Å²) in [5.41, 5.74) is 1.12. The first-order valence-corrected chi connectivity index (χ1v) is 14.0. The van der Waals surface area contributed by atoms with Crippen molar-refractivity contribution in [3.05, 3.63) is 45.1 Å². The Bertz CT molecular complexity index is 1320. The third kappa shape index (κ3) is 3.98. The maximum Gasteiger partial charge on any atom is 0.259 e. The van der Waals surface area contributed by atoms with E-state index in [1.165, 1.54) is 28.6 Å². The van der Waals surface area contributed by atoms with Gasteiger partial charge in [0.25, 0.3) is 5.56 Å². The summed E-state index contributed by atoms with van der Waals surface area (Å²) in [5, 5.41) is 10.0. The number of nitrogens with one attached hydrogen (secondary N) is 1. The molecular formula is C20H23N5O3S3. The van der Waals surface area contributed by atoms with Crippen molar-refractivity contribution in [1.29, 1.82) is 0 Å². The molecule has 4 heterocycles. The summed E-state index contributed by atoms with van der Waals surface area (Å²) in [6.45, 7) is 4.31. The van der Waals surface area contributed by atoms with Crippen LogP contribution in [0.5, 0.6) is 0 Å². The molecule has 5 rings (SSSR count). The van der Waals surface area contributed by atoms with Crippen LogP contribution in [0.4, 0.5) is 0 Å². The van der Waals surface area contributed by atoms with Crippen LogP contribution < -0.4 is 5.56 Å². The minimum Gasteiger partial charge on any atom is -0.309 e. The molecule has 0 unspecified atom stereocenters. The predicted molar refractivity (Wildman–Crippen MR) is 123 cm³/mol. The minimum absolute atomic E-state index is 0.0654. The van der Waals surface area contributed by atoms with Crippen molar-refractivity contribution in [2.75, 3.05) is 11.5 Å². The van der Waals surface area contributed by atoms with E-state index in [-0.39, 0.29) is 23.0 Å². The molecule has 3 aromatic heterocycles. The first kappa shape index (κ1) is 20.9. The van der Waals surface area contributed by atoms with Crippen LogP contribution in [0.15, 0.2) is 22.6 Å². The van der Waals surface area contributed by atoms with Gasteiger partial charge in [0.05, 0.1) is 22.6 Å². The fourth-order valence-electron chi connectivity index (χ4n) is 4.42. The highest BCUT2D eigenvalue weighted by Gasteiger charge is 2.33. The first-order valence-electron chi connectivity index (χ1n) is 10.4. The van der Waals surface area contributed by atoms with E-state index in [0.717, 1.165) is 29.5 Å². The second-order valence-corrected chi connectivity index (χ2v) is 12.3. The summed E-state index contributed by atoms with van der Waals surface area (Å²) in [7, 11) is -3.01. The Balaban J connectivity index is 1.40. The molecule has 3 aromatic rings. The van der Waals surface area contributed by atoms with E-state index in [0.29, 0.717) is 35.5 Å². The minimum atomic E-state index is -3.01. The standard InChI is InChI=1S/C20H23N5O3S3/c1-2-8-25-17(12-7-9-31(27,28)11-12)23-24-20(25)29-10-15-21-18(26)16-13-5-3-4-6-14(13)30-19(16)22-15/h2,12H,1,3-11H2,(H,21,22,26)/t12-/m1/s1. The monoisotopic (exact) mass is 477 g/mol. The lowest BCUT2D eigenvalue weighted by molar-refractivity contribution is 0.597. The molecule has 1 saturated heterocycles. The molecule has 0 bridgehead atoms. The summed E-state index contributed by atoms with van der Waals surface area (Å²) >= 11 is 3.07. The average molecular weight is 478 g/mol. The van der Waals surface area contributed by atoms with Gasteiger partial charge >= 0.3 is 0 Å². The maximum absolute atomic E-state index is 12.8. The molecule has 31 heavy (non-hydrogen) atoms. The Kier molecular flexibility index (Phi) is 5.51. The van der Waals surface area contributed by atoms with Crippen molar-refractivity contribution >= 4 is 43.2 Å². The second-order valence-electron chi connectivity index (χ2n) is 8.03. The molecule has 0 spiro atoms. The van der Waals surface area contributed by atoms with Gasteiger partial charge in [-0.15, -0.1) is 28.1 Å². The van der Waals surface area contributed by atoms with Gasteiger partial charge in [-0.3, -0.25) is 4.79 Å². The Morgan fingerprint density at radius 2 is 2.13 bits per heavy atom. The SMILES string of the molecule is C=CCn1c(SCc2nc3sc4c(c3c(=O)[nH]2)CCCC4)nnc1[C@@H]1CCS(=O)(=O)C1. The molecule has 1 aliphatic carbocycles. The van der Waals surface area contributed by atoms with Crippen molar-refractivity contribution in [2.24, 2.45) is 0 Å². The molecule has 164 valence electrons. The lowest BCUT2D eigenvalue weighted by Crippen LogP contribution is -2.13. The van der Waals surface area contributed by atoms with Crippen molar-refractivity contribution in [2.45, 2.75) is 55.5 Å². The fourth-order valence-corrected chi connectivity index (χ4v) is 8.26. The Morgan fingerprint density at radius 3 is 2.90 bits per heavy atom. The van der Waals surface area contributed by atoms with E-state index >= 15 is 0 Å². The van der Waals surface area contributed by atoms with E-state index in [4.69, 9.17) is 4.98 Å². The Hall–Kier alpha value is -1.98. The lowest BCUT2D eigenvalue weighted by Gasteiger charge is -2.11. The zero-order chi connectivity index (χ0) is 21.6. The average Bonchev–Trinajstić information content (AvgIpc) is 3.41. The van der Waals surface area contributed by atoms with Gasteiger partial charge in [-0.1, -0.05) is 17.8 Å². The summed E-state index contributed by atoms with van der Waals surface area (Å²) < 4.78 is 25.7. The highest BCUT2D eigenvalue weighted by molar-refractivity contribution is 7.98. The Labute approximate surface area is 188 Å². The van der Waals surface area contributed by atoms with Crippen molar-refractivity contribution in [3.8, 4) is 0 Å². The lowest BCUT2D eigenvalue weighted by atomic mass is 9.97. The summed E-state index contributed by atoms with van der Waals surface area (Å²) in [5.74, 6) is 1.91. The molecule has 1 aliphatic heterocycles. The van der Waals surface area contributed by atoms with Crippen LogP contribution in [0.3, 0.4) is 0 Å². The number of aromatic nitrogens is 5. The van der Waals surface area contributed by atoms with E-state index < -0.39 is 9.84 Å². The third-order valence-corrected chi connectivity index (χ3v) is 9.80. The van der Waals surface area contributed by atoms with Gasteiger partial charge in [0.2, 0.25) is 0 Å². The number of rotatable bonds is 6. The zero-order valence-corrected chi connectivity index (χ0v) is 19.4. The van der Waals surface area contributed by atoms with Crippen molar-refractivity contribution < 1.29 is 8.42 Å². The molecule has 0 aromatic carbocycles. The topological polar surface area (TPSA) is 111 Å². The van der Waals surface area contributed by atoms with Gasteiger partial charge in [-0.2, -0.15) is 0 Å². The van der Waals surface area contributed by atoms with Gasteiger partial charge in [0.1, 0.15) is 16.5 Å². The van der Waals surface area contributed by atoms with E-state index in [1.807, 2.05) is 4.57 Å². The molecular weight excluding hydrogens is 454 g/mol. The van der Waals surface area contributed by atoms with E-state index in [9.17, 15) is 13.2 Å². The largest absolute Gasteiger partial charge is 0.309 e. The molecule has 0 radical (unpaired) electrons. The number of aromatic amines is 1. The van der Waals surface area contributed by atoms with Crippen molar-refractivity contribution in [3.63, 3.8) is 0 Å². The van der Waals surface area contributed by atoms with Crippen molar-refractivity contribution in [1.82, 2.24) is 24.7 Å². The van der Waals surface area contributed by atoms with Crippen LogP contribution in [0, 0.1) is 0 Å². The van der Waals surface area contributed by atoms with Gasteiger partial charge in [-0.05, 0) is 37.7 Å². The number of fused-ring (bicyclic) bond motifs is 3. The molecule has 1 atom stereocenters. The van der Waals surface area contributed by atoms with Gasteiger partial charge in [-0.25, -0.2) is 13.4 Å². The Morgan fingerprint density at radius 1 is 1.29 bits per heavy atom. The number of thiophene rings is 1. The number of nitrogens with zero attached hydrogens (tertiary/aromatic N) is 4. The number of H-pyrrole nitrogens is 1. The number of hydrogen-bond acceptors (Lipinski definition) is 8. The van der Waals surface area contributed by atoms with Crippen LogP contribution in [0.2, 0.25) is 0 Å². The zero-order valence-electron chi connectivity index (χ0n) is 17.0. The van der Waals surface area contributed by atoms with Crippen LogP contribution in [-0.2, 0) is 35.0 Å². The smallest absolute Gasteiger partial charge is 0.259 e. The summed E-state index contributed by atoms with van der Waals surface area (Å²) in [6.07, 6.45) is 6.60.